The molecule has 1 N–H and O–H groups in total. The van der Waals surface area contributed by atoms with Crippen LogP contribution in [0.5, 0.6) is 0 Å². The molecule has 0 bridgehead atoms. The first-order valence-electron chi connectivity index (χ1n) is 8.07. The van der Waals surface area contributed by atoms with Crippen molar-refractivity contribution in [3.8, 4) is 0 Å². The largest absolute Gasteiger partial charge is 0.481 e. The number of carbonyl (C=O) groups excluding carboxylic acids is 1. The Balaban J connectivity index is 1.93. The highest BCUT2D eigenvalue weighted by Gasteiger charge is 2.34. The van der Waals surface area contributed by atoms with E-state index >= 15 is 0 Å². The van der Waals surface area contributed by atoms with E-state index in [1.54, 1.807) is 18.2 Å². The van der Waals surface area contributed by atoms with Crippen molar-refractivity contribution in [1.82, 2.24) is 5.01 Å². The second kappa shape index (κ2) is 7.78. The lowest BCUT2D eigenvalue weighted by Crippen LogP contribution is -2.28. The average Bonchev–Trinajstić information content (AvgIpc) is 3.06. The smallest absolute Gasteiger partial charge is 0.303 e. The minimum Gasteiger partial charge on any atom is -0.481 e. The number of carboxylic acid groups (broad SMARTS) is 1. The molecule has 1 heterocycles. The zero-order valence-corrected chi connectivity index (χ0v) is 15.3. The van der Waals surface area contributed by atoms with E-state index in [0.29, 0.717) is 17.7 Å². The molecule has 1 aliphatic rings. The van der Waals surface area contributed by atoms with Crippen LogP contribution in [0.4, 0.5) is 4.39 Å². The number of rotatable bonds is 5. The van der Waals surface area contributed by atoms with Crippen LogP contribution in [0.3, 0.4) is 0 Å². The molecule has 1 atom stereocenters. The van der Waals surface area contributed by atoms with Gasteiger partial charge in [-0.05, 0) is 23.8 Å². The summed E-state index contributed by atoms with van der Waals surface area (Å²) < 4.78 is 15.2. The quantitative estimate of drug-likeness (QED) is 0.793. The molecule has 26 heavy (non-hydrogen) atoms. The first-order chi connectivity index (χ1) is 12.5. The van der Waals surface area contributed by atoms with Gasteiger partial charge in [0.15, 0.2) is 0 Å². The third-order valence-corrected chi connectivity index (χ3v) is 4.69. The van der Waals surface area contributed by atoms with Crippen LogP contribution in [0, 0.1) is 5.82 Å². The summed E-state index contributed by atoms with van der Waals surface area (Å²) in [4.78, 5) is 23.3. The Hall–Kier alpha value is -2.54. The molecule has 7 heteroatoms. The van der Waals surface area contributed by atoms with Crippen molar-refractivity contribution in [1.29, 1.82) is 0 Å². The summed E-state index contributed by atoms with van der Waals surface area (Å²) in [5.41, 5.74) is 1.87. The van der Waals surface area contributed by atoms with Crippen LogP contribution < -0.4 is 0 Å². The molecule has 5 nitrogen and oxygen atoms in total. The number of nitrogens with zero attached hydrogens (tertiary/aromatic N) is 2. The van der Waals surface area contributed by atoms with Crippen LogP contribution in [-0.2, 0) is 9.59 Å². The monoisotopic (exact) mass is 418 g/mol. The van der Waals surface area contributed by atoms with Gasteiger partial charge in [0.2, 0.25) is 5.91 Å². The van der Waals surface area contributed by atoms with Crippen LogP contribution in [0.25, 0.3) is 0 Å². The fraction of sp³-hybridized carbons (Fsp3) is 0.211. The Bertz CT molecular complexity index is 867. The van der Waals surface area contributed by atoms with Gasteiger partial charge in [-0.15, -0.1) is 0 Å². The van der Waals surface area contributed by atoms with Gasteiger partial charge in [0, 0.05) is 22.9 Å². The number of halogens is 2. The van der Waals surface area contributed by atoms with Crippen molar-refractivity contribution in [3.63, 3.8) is 0 Å². The minimum absolute atomic E-state index is 0.183. The van der Waals surface area contributed by atoms with E-state index in [0.717, 1.165) is 10.0 Å². The number of hydrazone groups is 1. The van der Waals surface area contributed by atoms with Crippen molar-refractivity contribution >= 4 is 33.5 Å². The normalized spacial score (nSPS) is 16.5. The lowest BCUT2D eigenvalue weighted by atomic mass is 9.98. The summed E-state index contributed by atoms with van der Waals surface area (Å²) in [6, 6.07) is 13.1. The van der Waals surface area contributed by atoms with E-state index in [4.69, 9.17) is 5.11 Å². The minimum atomic E-state index is -1.06. The van der Waals surface area contributed by atoms with Crippen LogP contribution in [0.15, 0.2) is 58.1 Å². The number of carboxylic acids is 1. The number of aliphatic carboxylic acids is 1. The van der Waals surface area contributed by atoms with E-state index in [1.165, 1.54) is 11.1 Å². The molecule has 3 rings (SSSR count). The molecule has 0 fully saturated rings. The maximum atomic E-state index is 14.3. The Morgan fingerprint density at radius 2 is 1.85 bits per heavy atom. The van der Waals surface area contributed by atoms with Gasteiger partial charge in [-0.3, -0.25) is 9.59 Å². The average molecular weight is 419 g/mol. The molecular formula is C19H16BrFN2O3. The lowest BCUT2D eigenvalue weighted by molar-refractivity contribution is -0.141. The molecule has 0 unspecified atom stereocenters. The van der Waals surface area contributed by atoms with E-state index < -0.39 is 23.7 Å². The molecule has 0 saturated heterocycles. The Kier molecular flexibility index (Phi) is 5.46. The summed E-state index contributed by atoms with van der Waals surface area (Å²) in [5.74, 6) is -1.91. The molecule has 134 valence electrons. The highest BCUT2D eigenvalue weighted by atomic mass is 79.9. The van der Waals surface area contributed by atoms with Gasteiger partial charge < -0.3 is 5.11 Å². The van der Waals surface area contributed by atoms with Gasteiger partial charge in [0.1, 0.15) is 5.82 Å². The third kappa shape index (κ3) is 3.99. The standard InChI is InChI=1S/C19H16BrFN2O3/c20-13-7-5-12(6-8-13)16-11-17(14-3-1-2-4-15(14)21)23(22-16)18(24)9-10-19(25)26/h1-8,17H,9-11H2,(H,25,26)/t17-/m1/s1. The Morgan fingerprint density at radius 3 is 2.50 bits per heavy atom. The topological polar surface area (TPSA) is 70.0 Å². The molecule has 0 spiro atoms. The molecule has 0 aromatic heterocycles. The highest BCUT2D eigenvalue weighted by molar-refractivity contribution is 9.10. The number of carbonyl (C=O) groups is 2. The summed E-state index contributed by atoms with van der Waals surface area (Å²) in [7, 11) is 0. The van der Waals surface area contributed by atoms with Crippen LogP contribution in [-0.4, -0.2) is 27.7 Å². The Labute approximate surface area is 158 Å². The number of amides is 1. The molecule has 0 aliphatic carbocycles. The fourth-order valence-electron chi connectivity index (χ4n) is 2.87. The Morgan fingerprint density at radius 1 is 1.15 bits per heavy atom. The van der Waals surface area contributed by atoms with Crippen molar-refractivity contribution < 1.29 is 19.1 Å². The van der Waals surface area contributed by atoms with Gasteiger partial charge >= 0.3 is 5.97 Å². The maximum Gasteiger partial charge on any atom is 0.303 e. The van der Waals surface area contributed by atoms with E-state index in [1.807, 2.05) is 24.3 Å². The van der Waals surface area contributed by atoms with Crippen molar-refractivity contribution in [2.45, 2.75) is 25.3 Å². The van der Waals surface area contributed by atoms with Gasteiger partial charge in [0.25, 0.3) is 0 Å². The van der Waals surface area contributed by atoms with Gasteiger partial charge in [-0.1, -0.05) is 46.3 Å². The van der Waals surface area contributed by atoms with Crippen molar-refractivity contribution in [3.05, 3.63) is 69.9 Å². The summed E-state index contributed by atoms with van der Waals surface area (Å²) >= 11 is 3.37. The van der Waals surface area contributed by atoms with Gasteiger partial charge in [0.05, 0.1) is 18.2 Å². The van der Waals surface area contributed by atoms with E-state index in [-0.39, 0.29) is 12.8 Å². The first-order valence-corrected chi connectivity index (χ1v) is 8.86. The molecule has 1 amide bonds. The SMILES string of the molecule is O=C(O)CCC(=O)N1N=C(c2ccc(Br)cc2)C[C@@H]1c1ccccc1F. The van der Waals surface area contributed by atoms with Crippen LogP contribution >= 0.6 is 15.9 Å². The summed E-state index contributed by atoms with van der Waals surface area (Å²) in [5, 5.41) is 14.4. The third-order valence-electron chi connectivity index (χ3n) is 4.16. The number of benzene rings is 2. The molecule has 2 aromatic rings. The zero-order chi connectivity index (χ0) is 18.7. The van der Waals surface area contributed by atoms with Crippen LogP contribution in [0.2, 0.25) is 0 Å². The lowest BCUT2D eigenvalue weighted by Gasteiger charge is -2.22. The second-order valence-electron chi connectivity index (χ2n) is 5.93. The highest BCUT2D eigenvalue weighted by Crippen LogP contribution is 2.34. The fourth-order valence-corrected chi connectivity index (χ4v) is 3.14. The first kappa shape index (κ1) is 18.3. The molecule has 0 saturated carbocycles. The molecule has 1 aliphatic heterocycles. The molecule has 2 aromatic carbocycles. The summed E-state index contributed by atoms with van der Waals surface area (Å²) in [6.07, 6.45) is -0.110. The summed E-state index contributed by atoms with van der Waals surface area (Å²) in [6.45, 7) is 0. The van der Waals surface area contributed by atoms with Crippen molar-refractivity contribution in [2.24, 2.45) is 5.10 Å². The van der Waals surface area contributed by atoms with E-state index in [9.17, 15) is 14.0 Å². The maximum absolute atomic E-state index is 14.3. The van der Waals surface area contributed by atoms with E-state index in [2.05, 4.69) is 21.0 Å². The molecular weight excluding hydrogens is 403 g/mol. The molecule has 0 radical (unpaired) electrons. The predicted octanol–water partition coefficient (Wildman–Crippen LogP) is 4.13. The zero-order valence-electron chi connectivity index (χ0n) is 13.7. The number of hydrogen-bond donors (Lipinski definition) is 1. The van der Waals surface area contributed by atoms with Crippen LogP contribution in [0.1, 0.15) is 36.4 Å². The number of hydrogen-bond acceptors (Lipinski definition) is 3. The predicted molar refractivity (Wildman–Crippen MR) is 98.2 cm³/mol. The van der Waals surface area contributed by atoms with Gasteiger partial charge in [-0.25, -0.2) is 9.40 Å². The van der Waals surface area contributed by atoms with Gasteiger partial charge in [-0.2, -0.15) is 5.10 Å². The van der Waals surface area contributed by atoms with Crippen molar-refractivity contribution in [2.75, 3.05) is 0 Å². The second-order valence-corrected chi connectivity index (χ2v) is 6.84.